The average molecular weight is 417 g/mol. The molecular formula is C15H13ClN2O4S3. The standard InChI is InChI=1S/C15H13ClN2O4S3/c1-9-3-4-10(16)7-14(9)25(21,22)18-15-17-12-6-5-11(24(2,19)20)8-13(12)23-15/h3-8H,1-2H3,(H,17,18). The Labute approximate surface area is 154 Å². The third kappa shape index (κ3) is 3.79. The number of aromatic nitrogens is 1. The summed E-state index contributed by atoms with van der Waals surface area (Å²) >= 11 is 6.95. The van der Waals surface area contributed by atoms with Crippen molar-refractivity contribution in [3.63, 3.8) is 0 Å². The molecule has 0 unspecified atom stereocenters. The zero-order valence-corrected chi connectivity index (χ0v) is 16.4. The minimum Gasteiger partial charge on any atom is -0.255 e. The minimum absolute atomic E-state index is 0.0658. The second-order valence-corrected chi connectivity index (χ2v) is 10.6. The highest BCUT2D eigenvalue weighted by Gasteiger charge is 2.20. The SMILES string of the molecule is Cc1ccc(Cl)cc1S(=O)(=O)Nc1nc2ccc(S(C)(=O)=O)cc2s1. The van der Waals surface area contributed by atoms with Gasteiger partial charge in [0.25, 0.3) is 10.0 Å². The van der Waals surface area contributed by atoms with Gasteiger partial charge < -0.3 is 0 Å². The van der Waals surface area contributed by atoms with Crippen LogP contribution in [0.25, 0.3) is 10.2 Å². The van der Waals surface area contributed by atoms with Crippen molar-refractivity contribution in [1.82, 2.24) is 4.98 Å². The predicted molar refractivity (Wildman–Crippen MR) is 99.7 cm³/mol. The first kappa shape index (κ1) is 18.1. The summed E-state index contributed by atoms with van der Waals surface area (Å²) in [5.41, 5.74) is 1.07. The molecule has 10 heteroatoms. The highest BCUT2D eigenvalue weighted by atomic mass is 35.5. The molecule has 2 aromatic carbocycles. The van der Waals surface area contributed by atoms with Gasteiger partial charge in [-0.05, 0) is 42.8 Å². The van der Waals surface area contributed by atoms with Crippen molar-refractivity contribution in [3.8, 4) is 0 Å². The van der Waals surface area contributed by atoms with E-state index < -0.39 is 19.9 Å². The summed E-state index contributed by atoms with van der Waals surface area (Å²) in [6.07, 6.45) is 1.11. The summed E-state index contributed by atoms with van der Waals surface area (Å²) in [6, 6.07) is 9.06. The van der Waals surface area contributed by atoms with Crippen molar-refractivity contribution in [2.24, 2.45) is 0 Å². The Morgan fingerprint density at radius 1 is 1.08 bits per heavy atom. The number of anilines is 1. The Kier molecular flexibility index (Phi) is 4.52. The fourth-order valence-corrected chi connectivity index (χ4v) is 5.58. The molecule has 1 heterocycles. The van der Waals surface area contributed by atoms with Crippen LogP contribution in [-0.2, 0) is 19.9 Å². The third-order valence-corrected chi connectivity index (χ3v) is 7.34. The zero-order valence-electron chi connectivity index (χ0n) is 13.1. The van der Waals surface area contributed by atoms with Crippen LogP contribution < -0.4 is 4.72 Å². The molecule has 1 aromatic heterocycles. The number of benzene rings is 2. The number of hydrogen-bond acceptors (Lipinski definition) is 6. The highest BCUT2D eigenvalue weighted by molar-refractivity contribution is 7.93. The molecule has 0 saturated carbocycles. The maximum Gasteiger partial charge on any atom is 0.263 e. The lowest BCUT2D eigenvalue weighted by Crippen LogP contribution is -2.14. The summed E-state index contributed by atoms with van der Waals surface area (Å²) < 4.78 is 51.4. The molecule has 0 bridgehead atoms. The van der Waals surface area contributed by atoms with Crippen LogP contribution in [0.15, 0.2) is 46.2 Å². The molecule has 1 N–H and O–H groups in total. The molecule has 3 rings (SSSR count). The van der Waals surface area contributed by atoms with E-state index in [1.807, 2.05) is 0 Å². The average Bonchev–Trinajstić information content (AvgIpc) is 2.89. The lowest BCUT2D eigenvalue weighted by atomic mass is 10.2. The Balaban J connectivity index is 2.01. The van der Waals surface area contributed by atoms with Crippen molar-refractivity contribution in [1.29, 1.82) is 0 Å². The van der Waals surface area contributed by atoms with Gasteiger partial charge in [-0.2, -0.15) is 0 Å². The van der Waals surface area contributed by atoms with Gasteiger partial charge in [0.1, 0.15) is 0 Å². The maximum absolute atomic E-state index is 12.6. The van der Waals surface area contributed by atoms with E-state index in [1.165, 1.54) is 18.2 Å². The van der Waals surface area contributed by atoms with E-state index in [0.29, 0.717) is 20.8 Å². The molecule has 0 fully saturated rings. The normalized spacial score (nSPS) is 12.4. The lowest BCUT2D eigenvalue weighted by Gasteiger charge is -2.08. The van der Waals surface area contributed by atoms with E-state index in [-0.39, 0.29) is 14.9 Å². The number of rotatable bonds is 4. The van der Waals surface area contributed by atoms with Crippen LogP contribution in [0.1, 0.15) is 5.56 Å². The monoisotopic (exact) mass is 416 g/mol. The van der Waals surface area contributed by atoms with E-state index in [0.717, 1.165) is 17.6 Å². The van der Waals surface area contributed by atoms with Gasteiger partial charge in [-0.1, -0.05) is 29.0 Å². The second-order valence-electron chi connectivity index (χ2n) is 5.44. The Hall–Kier alpha value is -1.68. The molecule has 25 heavy (non-hydrogen) atoms. The van der Waals surface area contributed by atoms with Crippen molar-refractivity contribution in [2.45, 2.75) is 16.7 Å². The number of fused-ring (bicyclic) bond motifs is 1. The summed E-state index contributed by atoms with van der Waals surface area (Å²) in [7, 11) is -7.21. The van der Waals surface area contributed by atoms with Gasteiger partial charge >= 0.3 is 0 Å². The first-order valence-electron chi connectivity index (χ1n) is 6.96. The molecule has 0 saturated heterocycles. The van der Waals surface area contributed by atoms with Crippen molar-refractivity contribution >= 4 is 58.1 Å². The third-order valence-electron chi connectivity index (χ3n) is 3.45. The highest BCUT2D eigenvalue weighted by Crippen LogP contribution is 2.30. The van der Waals surface area contributed by atoms with Crippen LogP contribution in [0.3, 0.4) is 0 Å². The van der Waals surface area contributed by atoms with E-state index in [2.05, 4.69) is 9.71 Å². The van der Waals surface area contributed by atoms with Gasteiger partial charge in [0.2, 0.25) is 0 Å². The van der Waals surface area contributed by atoms with Crippen LogP contribution >= 0.6 is 22.9 Å². The molecule has 132 valence electrons. The Morgan fingerprint density at radius 2 is 1.80 bits per heavy atom. The van der Waals surface area contributed by atoms with Crippen LogP contribution in [-0.4, -0.2) is 28.1 Å². The first-order valence-corrected chi connectivity index (χ1v) is 11.5. The number of aryl methyl sites for hydroxylation is 1. The lowest BCUT2D eigenvalue weighted by molar-refractivity contribution is 0.599. The van der Waals surface area contributed by atoms with Crippen molar-refractivity contribution < 1.29 is 16.8 Å². The van der Waals surface area contributed by atoms with E-state index in [1.54, 1.807) is 25.1 Å². The summed E-state index contributed by atoms with van der Waals surface area (Å²) in [6.45, 7) is 1.67. The molecule has 0 aliphatic rings. The number of thiazole rings is 1. The number of sulfone groups is 1. The summed E-state index contributed by atoms with van der Waals surface area (Å²) in [5, 5.41) is 0.466. The van der Waals surface area contributed by atoms with Gasteiger partial charge in [0.05, 0.1) is 20.0 Å². The van der Waals surface area contributed by atoms with E-state index in [4.69, 9.17) is 11.6 Å². The molecular weight excluding hydrogens is 404 g/mol. The number of sulfonamides is 1. The fraction of sp³-hybridized carbons (Fsp3) is 0.133. The number of nitrogens with one attached hydrogen (secondary N) is 1. The minimum atomic E-state index is -3.86. The van der Waals surface area contributed by atoms with Crippen LogP contribution in [0.2, 0.25) is 5.02 Å². The number of hydrogen-bond donors (Lipinski definition) is 1. The van der Waals surface area contributed by atoms with E-state index >= 15 is 0 Å². The Bertz CT molecular complexity index is 1180. The van der Waals surface area contributed by atoms with Crippen LogP contribution in [0.4, 0.5) is 5.13 Å². The van der Waals surface area contributed by atoms with Gasteiger partial charge in [0.15, 0.2) is 15.0 Å². The molecule has 0 aliphatic heterocycles. The number of nitrogens with zero attached hydrogens (tertiary/aromatic N) is 1. The van der Waals surface area contributed by atoms with Gasteiger partial charge in [-0.25, -0.2) is 21.8 Å². The fourth-order valence-electron chi connectivity index (χ4n) is 2.21. The predicted octanol–water partition coefficient (Wildman–Crippen LogP) is 3.46. The molecule has 0 atom stereocenters. The summed E-state index contributed by atoms with van der Waals surface area (Å²) in [4.78, 5) is 4.42. The van der Waals surface area contributed by atoms with Crippen LogP contribution in [0, 0.1) is 6.92 Å². The van der Waals surface area contributed by atoms with Crippen molar-refractivity contribution in [3.05, 3.63) is 47.0 Å². The Morgan fingerprint density at radius 3 is 2.48 bits per heavy atom. The first-order chi connectivity index (χ1) is 11.6. The second kappa shape index (κ2) is 6.24. The topological polar surface area (TPSA) is 93.2 Å². The number of halogens is 1. The van der Waals surface area contributed by atoms with Gasteiger partial charge in [-0.15, -0.1) is 0 Å². The smallest absolute Gasteiger partial charge is 0.255 e. The molecule has 3 aromatic rings. The quantitative estimate of drug-likeness (QED) is 0.702. The van der Waals surface area contributed by atoms with Gasteiger partial charge in [0, 0.05) is 11.3 Å². The summed E-state index contributed by atoms with van der Waals surface area (Å²) in [5.74, 6) is 0. The van der Waals surface area contributed by atoms with Crippen LogP contribution in [0.5, 0.6) is 0 Å². The van der Waals surface area contributed by atoms with Crippen molar-refractivity contribution in [2.75, 3.05) is 11.0 Å². The molecule has 0 spiro atoms. The zero-order chi connectivity index (χ0) is 18.4. The maximum atomic E-state index is 12.6. The largest absolute Gasteiger partial charge is 0.263 e. The van der Waals surface area contributed by atoms with E-state index in [9.17, 15) is 16.8 Å². The molecule has 0 radical (unpaired) electrons. The molecule has 6 nitrogen and oxygen atoms in total. The molecule has 0 aliphatic carbocycles. The van der Waals surface area contributed by atoms with Gasteiger partial charge in [-0.3, -0.25) is 4.72 Å². The molecule has 0 amide bonds.